The van der Waals surface area contributed by atoms with Crippen molar-refractivity contribution in [1.82, 2.24) is 4.90 Å². The van der Waals surface area contributed by atoms with E-state index in [1.165, 1.54) is 30.4 Å². The summed E-state index contributed by atoms with van der Waals surface area (Å²) in [6.07, 6.45) is 7.01. The quantitative estimate of drug-likeness (QED) is 0.820. The van der Waals surface area contributed by atoms with Crippen molar-refractivity contribution in [3.63, 3.8) is 0 Å². The molecule has 1 heterocycles. The highest BCUT2D eigenvalue weighted by atomic mass is 16.2. The first kappa shape index (κ1) is 14.6. The van der Waals surface area contributed by atoms with Crippen molar-refractivity contribution in [3.05, 3.63) is 35.4 Å². The van der Waals surface area contributed by atoms with Gasteiger partial charge in [0, 0.05) is 18.5 Å². The van der Waals surface area contributed by atoms with Gasteiger partial charge in [-0.15, -0.1) is 0 Å². The molecule has 2 nitrogen and oxygen atoms in total. The maximum absolute atomic E-state index is 12.5. The van der Waals surface area contributed by atoms with E-state index in [4.69, 9.17) is 0 Å². The van der Waals surface area contributed by atoms with Gasteiger partial charge in [-0.2, -0.15) is 0 Å². The molecule has 1 amide bonds. The molecule has 1 aromatic carbocycles. The number of piperidine rings is 1. The van der Waals surface area contributed by atoms with Gasteiger partial charge >= 0.3 is 0 Å². The van der Waals surface area contributed by atoms with E-state index in [0.29, 0.717) is 11.8 Å². The third-order valence-corrected chi connectivity index (χ3v) is 5.41. The van der Waals surface area contributed by atoms with E-state index in [9.17, 15) is 4.79 Å². The Balaban J connectivity index is 1.54. The Bertz CT molecular complexity index is 518. The molecule has 2 aliphatic rings. The summed E-state index contributed by atoms with van der Waals surface area (Å²) in [6, 6.07) is 8.68. The molecule has 1 saturated carbocycles. The normalized spacial score (nSPS) is 23.9. The number of hydrogen-bond donors (Lipinski definition) is 0. The standard InChI is InChI=1S/C19H27NO/c1-15-6-3-4-8-17(15)10-9-16-7-5-13-20(14-16)18(21)19(2)11-12-19/h3-4,6,8,16H,5,7,9-14H2,1-2H3/t16-/m1/s1. The summed E-state index contributed by atoms with van der Waals surface area (Å²) in [5.41, 5.74) is 2.86. The van der Waals surface area contributed by atoms with Crippen LogP contribution in [-0.4, -0.2) is 23.9 Å². The number of aryl methyl sites for hydroxylation is 2. The number of carbonyl (C=O) groups excluding carboxylic acids is 1. The molecule has 114 valence electrons. The Morgan fingerprint density at radius 2 is 2.10 bits per heavy atom. The largest absolute Gasteiger partial charge is 0.342 e. The maximum atomic E-state index is 12.5. The van der Waals surface area contributed by atoms with Crippen LogP contribution in [0, 0.1) is 18.3 Å². The van der Waals surface area contributed by atoms with Crippen LogP contribution in [0.4, 0.5) is 0 Å². The lowest BCUT2D eigenvalue weighted by molar-refractivity contribution is -0.138. The van der Waals surface area contributed by atoms with Crippen LogP contribution in [0.1, 0.15) is 50.2 Å². The summed E-state index contributed by atoms with van der Waals surface area (Å²) in [4.78, 5) is 14.6. The maximum Gasteiger partial charge on any atom is 0.228 e. The second kappa shape index (κ2) is 5.82. The number of likely N-dealkylation sites (tertiary alicyclic amines) is 1. The molecule has 0 aromatic heterocycles. The molecule has 2 heteroatoms. The van der Waals surface area contributed by atoms with Gasteiger partial charge in [-0.25, -0.2) is 0 Å². The van der Waals surface area contributed by atoms with Crippen molar-refractivity contribution in [1.29, 1.82) is 0 Å². The number of rotatable bonds is 4. The average molecular weight is 285 g/mol. The van der Waals surface area contributed by atoms with Crippen molar-refractivity contribution in [3.8, 4) is 0 Å². The van der Waals surface area contributed by atoms with Gasteiger partial charge in [0.05, 0.1) is 0 Å². The van der Waals surface area contributed by atoms with Gasteiger partial charge in [-0.3, -0.25) is 4.79 Å². The fraction of sp³-hybridized carbons (Fsp3) is 0.632. The zero-order chi connectivity index (χ0) is 14.9. The lowest BCUT2D eigenvalue weighted by atomic mass is 9.90. The topological polar surface area (TPSA) is 20.3 Å². The van der Waals surface area contributed by atoms with E-state index in [-0.39, 0.29) is 5.41 Å². The van der Waals surface area contributed by atoms with Crippen LogP contribution in [0.2, 0.25) is 0 Å². The van der Waals surface area contributed by atoms with E-state index in [2.05, 4.69) is 43.0 Å². The molecule has 0 radical (unpaired) electrons. The summed E-state index contributed by atoms with van der Waals surface area (Å²) in [6.45, 7) is 6.29. The van der Waals surface area contributed by atoms with E-state index >= 15 is 0 Å². The van der Waals surface area contributed by atoms with Gasteiger partial charge in [-0.05, 0) is 62.5 Å². The first-order chi connectivity index (χ1) is 10.1. The minimum Gasteiger partial charge on any atom is -0.342 e. The van der Waals surface area contributed by atoms with Gasteiger partial charge in [-0.1, -0.05) is 31.2 Å². The van der Waals surface area contributed by atoms with E-state index in [1.807, 2.05) is 0 Å². The molecule has 0 bridgehead atoms. The first-order valence-corrected chi connectivity index (χ1v) is 8.42. The molecule has 0 unspecified atom stereocenters. The summed E-state index contributed by atoms with van der Waals surface area (Å²) in [7, 11) is 0. The van der Waals surface area contributed by atoms with Crippen molar-refractivity contribution in [2.75, 3.05) is 13.1 Å². The first-order valence-electron chi connectivity index (χ1n) is 8.42. The van der Waals surface area contributed by atoms with Crippen LogP contribution in [0.5, 0.6) is 0 Å². The molecule has 0 spiro atoms. The zero-order valence-corrected chi connectivity index (χ0v) is 13.4. The summed E-state index contributed by atoms with van der Waals surface area (Å²) in [5.74, 6) is 1.10. The van der Waals surface area contributed by atoms with E-state index in [0.717, 1.165) is 32.4 Å². The predicted molar refractivity (Wildman–Crippen MR) is 86.1 cm³/mol. The van der Waals surface area contributed by atoms with E-state index < -0.39 is 0 Å². The fourth-order valence-corrected chi connectivity index (χ4v) is 3.52. The predicted octanol–water partition coefficient (Wildman–Crippen LogP) is 3.97. The summed E-state index contributed by atoms with van der Waals surface area (Å²) >= 11 is 0. The second-order valence-electron chi connectivity index (χ2n) is 7.29. The van der Waals surface area contributed by atoms with E-state index in [1.54, 1.807) is 0 Å². The number of benzene rings is 1. The van der Waals surface area contributed by atoms with Crippen molar-refractivity contribution >= 4 is 5.91 Å². The molecule has 0 N–H and O–H groups in total. The Hall–Kier alpha value is -1.31. The summed E-state index contributed by atoms with van der Waals surface area (Å²) < 4.78 is 0. The molecule has 1 aromatic rings. The lowest BCUT2D eigenvalue weighted by Gasteiger charge is -2.34. The zero-order valence-electron chi connectivity index (χ0n) is 13.4. The molecule has 2 fully saturated rings. The van der Waals surface area contributed by atoms with Crippen molar-refractivity contribution < 1.29 is 4.79 Å². The molecule has 1 saturated heterocycles. The Labute approximate surface area is 128 Å². The highest BCUT2D eigenvalue weighted by Crippen LogP contribution is 2.47. The molecule has 3 rings (SSSR count). The number of amides is 1. The Morgan fingerprint density at radius 3 is 2.81 bits per heavy atom. The van der Waals surface area contributed by atoms with Gasteiger partial charge < -0.3 is 4.90 Å². The van der Waals surface area contributed by atoms with Crippen LogP contribution < -0.4 is 0 Å². The Kier molecular flexibility index (Phi) is 4.05. The van der Waals surface area contributed by atoms with Crippen molar-refractivity contribution in [2.45, 2.75) is 52.4 Å². The monoisotopic (exact) mass is 285 g/mol. The van der Waals surface area contributed by atoms with Crippen LogP contribution >= 0.6 is 0 Å². The van der Waals surface area contributed by atoms with Gasteiger partial charge in [0.2, 0.25) is 5.91 Å². The third-order valence-electron chi connectivity index (χ3n) is 5.41. The minimum atomic E-state index is -0.00208. The molecular weight excluding hydrogens is 258 g/mol. The molecule has 21 heavy (non-hydrogen) atoms. The highest BCUT2D eigenvalue weighted by Gasteiger charge is 2.47. The van der Waals surface area contributed by atoms with Crippen LogP contribution in [0.15, 0.2) is 24.3 Å². The van der Waals surface area contributed by atoms with Gasteiger partial charge in [0.25, 0.3) is 0 Å². The number of hydrogen-bond acceptors (Lipinski definition) is 1. The number of nitrogens with zero attached hydrogens (tertiary/aromatic N) is 1. The Morgan fingerprint density at radius 1 is 1.33 bits per heavy atom. The summed E-state index contributed by atoms with van der Waals surface area (Å²) in [5, 5.41) is 0. The average Bonchev–Trinajstić information content (AvgIpc) is 3.25. The smallest absolute Gasteiger partial charge is 0.228 e. The molecule has 1 aliphatic heterocycles. The fourth-order valence-electron chi connectivity index (χ4n) is 3.52. The third kappa shape index (κ3) is 3.30. The highest BCUT2D eigenvalue weighted by molar-refractivity contribution is 5.85. The van der Waals surface area contributed by atoms with Crippen LogP contribution in [0.25, 0.3) is 0 Å². The van der Waals surface area contributed by atoms with Crippen LogP contribution in [0.3, 0.4) is 0 Å². The van der Waals surface area contributed by atoms with Crippen LogP contribution in [-0.2, 0) is 11.2 Å². The molecule has 1 atom stereocenters. The van der Waals surface area contributed by atoms with Crippen molar-refractivity contribution in [2.24, 2.45) is 11.3 Å². The molecular formula is C19H27NO. The SMILES string of the molecule is Cc1ccccc1CC[C@H]1CCCN(C(=O)C2(C)CC2)C1. The minimum absolute atomic E-state index is 0.00208. The number of carbonyl (C=O) groups is 1. The molecule has 1 aliphatic carbocycles. The second-order valence-corrected chi connectivity index (χ2v) is 7.29. The lowest BCUT2D eigenvalue weighted by Crippen LogP contribution is -2.43. The van der Waals surface area contributed by atoms with Gasteiger partial charge in [0.15, 0.2) is 0 Å². The van der Waals surface area contributed by atoms with Gasteiger partial charge in [0.1, 0.15) is 0 Å².